The van der Waals surface area contributed by atoms with Crippen LogP contribution < -0.4 is 4.74 Å². The second-order valence-electron chi connectivity index (χ2n) is 4.28. The minimum atomic E-state index is 0.228. The largest absolute Gasteiger partial charge is 0.485 e. The molecule has 1 aromatic carbocycles. The highest BCUT2D eigenvalue weighted by Gasteiger charge is 2.26. The lowest BCUT2D eigenvalue weighted by Crippen LogP contribution is -2.15. The molecular weight excluding hydrogens is 224 g/mol. The highest BCUT2D eigenvalue weighted by Crippen LogP contribution is 2.34. The number of hydrogen-bond acceptors (Lipinski definition) is 2. The molecule has 18 heavy (non-hydrogen) atoms. The van der Waals surface area contributed by atoms with Crippen LogP contribution in [-0.2, 0) is 6.42 Å². The van der Waals surface area contributed by atoms with Crippen molar-refractivity contribution in [2.45, 2.75) is 18.9 Å². The molecule has 1 aliphatic heterocycles. The lowest BCUT2D eigenvalue weighted by molar-refractivity contribution is 0.268. The highest BCUT2D eigenvalue weighted by molar-refractivity contribution is 5.44. The van der Waals surface area contributed by atoms with Crippen LogP contribution in [0.2, 0.25) is 0 Å². The molecule has 0 bridgehead atoms. The van der Waals surface area contributed by atoms with Gasteiger partial charge < -0.3 is 9.84 Å². The molecule has 1 aliphatic carbocycles. The molecule has 1 aromatic rings. The van der Waals surface area contributed by atoms with E-state index in [-0.39, 0.29) is 6.10 Å². The number of hydrogen-bond donors (Lipinski definition) is 1. The minimum Gasteiger partial charge on any atom is -0.485 e. The Morgan fingerprint density at radius 2 is 2.06 bits per heavy atom. The van der Waals surface area contributed by atoms with E-state index in [1.54, 1.807) is 0 Å². The van der Waals surface area contributed by atoms with Crippen LogP contribution in [0.4, 0.5) is 0 Å². The first kappa shape index (κ1) is 12.7. The third kappa shape index (κ3) is 2.39. The van der Waals surface area contributed by atoms with Gasteiger partial charge in [0.2, 0.25) is 0 Å². The highest BCUT2D eigenvalue weighted by atomic mass is 16.5. The fourth-order valence-electron chi connectivity index (χ4n) is 2.32. The zero-order valence-electron chi connectivity index (χ0n) is 10.6. The molecule has 2 aliphatic rings. The molecule has 0 saturated carbocycles. The molecule has 1 unspecified atom stereocenters. The van der Waals surface area contributed by atoms with E-state index in [0.717, 1.165) is 25.7 Å². The van der Waals surface area contributed by atoms with E-state index in [1.807, 2.05) is 18.2 Å². The van der Waals surface area contributed by atoms with Crippen molar-refractivity contribution in [2.24, 2.45) is 0 Å². The Labute approximate surface area is 108 Å². The number of fused-ring (bicyclic) bond motifs is 1. The Hall–Kier alpha value is -1.80. The zero-order valence-corrected chi connectivity index (χ0v) is 10.6. The van der Waals surface area contributed by atoms with Crippen molar-refractivity contribution in [3.05, 3.63) is 65.8 Å². The standard InChI is InChI=1S/C15H14O.CH4O/c1-2-11-7-8-13(9-11)15-10-12-5-3-4-6-14(12)16-15;1-2/h2-8,15H,1,9-10H2;2H,1H3. The van der Waals surface area contributed by atoms with Crippen molar-refractivity contribution < 1.29 is 9.84 Å². The number of ether oxygens (including phenoxy) is 1. The van der Waals surface area contributed by atoms with Gasteiger partial charge in [-0.2, -0.15) is 0 Å². The Kier molecular flexibility index (Phi) is 4.00. The van der Waals surface area contributed by atoms with Gasteiger partial charge in [-0.15, -0.1) is 0 Å². The van der Waals surface area contributed by atoms with Crippen molar-refractivity contribution in [2.75, 3.05) is 7.11 Å². The van der Waals surface area contributed by atoms with Gasteiger partial charge in [-0.3, -0.25) is 0 Å². The summed E-state index contributed by atoms with van der Waals surface area (Å²) in [4.78, 5) is 0. The number of rotatable bonds is 2. The van der Waals surface area contributed by atoms with Crippen molar-refractivity contribution in [3.63, 3.8) is 0 Å². The van der Waals surface area contributed by atoms with Crippen molar-refractivity contribution in [1.82, 2.24) is 0 Å². The summed E-state index contributed by atoms with van der Waals surface area (Å²) in [6.07, 6.45) is 8.45. The van der Waals surface area contributed by atoms with Crippen molar-refractivity contribution in [1.29, 1.82) is 0 Å². The lowest BCUT2D eigenvalue weighted by atomic mass is 10.0. The van der Waals surface area contributed by atoms with E-state index in [0.29, 0.717) is 0 Å². The van der Waals surface area contributed by atoms with Gasteiger partial charge in [-0.25, -0.2) is 0 Å². The predicted octanol–water partition coefficient (Wildman–Crippen LogP) is 3.04. The number of allylic oxidation sites excluding steroid dienone is 4. The first-order valence-electron chi connectivity index (χ1n) is 6.08. The van der Waals surface area contributed by atoms with E-state index in [9.17, 15) is 0 Å². The first-order valence-corrected chi connectivity index (χ1v) is 6.08. The monoisotopic (exact) mass is 242 g/mol. The van der Waals surface area contributed by atoms with E-state index < -0.39 is 0 Å². The van der Waals surface area contributed by atoms with Gasteiger partial charge in [0, 0.05) is 13.5 Å². The Bertz CT molecular complexity index is 473. The molecule has 2 heteroatoms. The number of aliphatic hydroxyl groups excluding tert-OH is 1. The molecule has 1 atom stereocenters. The maximum absolute atomic E-state index is 7.00. The van der Waals surface area contributed by atoms with Crippen LogP contribution >= 0.6 is 0 Å². The van der Waals surface area contributed by atoms with Gasteiger partial charge in [0.25, 0.3) is 0 Å². The average Bonchev–Trinajstić information content (AvgIpc) is 3.07. The van der Waals surface area contributed by atoms with Gasteiger partial charge in [0.15, 0.2) is 0 Å². The van der Waals surface area contributed by atoms with Crippen LogP contribution in [-0.4, -0.2) is 18.3 Å². The molecule has 0 radical (unpaired) electrons. The van der Waals surface area contributed by atoms with Crippen LogP contribution in [0, 0.1) is 0 Å². The van der Waals surface area contributed by atoms with E-state index >= 15 is 0 Å². The van der Waals surface area contributed by atoms with Crippen LogP contribution in [0.1, 0.15) is 12.0 Å². The van der Waals surface area contributed by atoms with Crippen molar-refractivity contribution in [3.8, 4) is 5.75 Å². The number of para-hydroxylation sites is 1. The Morgan fingerprint density at radius 1 is 1.28 bits per heavy atom. The number of aliphatic hydroxyl groups is 1. The summed E-state index contributed by atoms with van der Waals surface area (Å²) in [7, 11) is 1.00. The van der Waals surface area contributed by atoms with Gasteiger partial charge >= 0.3 is 0 Å². The Balaban J connectivity index is 0.000000574. The summed E-state index contributed by atoms with van der Waals surface area (Å²) in [6, 6.07) is 8.29. The van der Waals surface area contributed by atoms with Gasteiger partial charge in [-0.1, -0.05) is 43.0 Å². The van der Waals surface area contributed by atoms with Crippen LogP contribution in [0.25, 0.3) is 0 Å². The lowest BCUT2D eigenvalue weighted by Gasteiger charge is -2.12. The smallest absolute Gasteiger partial charge is 0.125 e. The van der Waals surface area contributed by atoms with E-state index in [4.69, 9.17) is 9.84 Å². The molecule has 2 nitrogen and oxygen atoms in total. The molecule has 1 N–H and O–H groups in total. The molecule has 0 amide bonds. The molecule has 0 fully saturated rings. The molecule has 94 valence electrons. The summed E-state index contributed by atoms with van der Waals surface area (Å²) in [5, 5.41) is 7.00. The molecule has 1 heterocycles. The molecular formula is C16H18O2. The van der Waals surface area contributed by atoms with Crippen LogP contribution in [0.5, 0.6) is 5.75 Å². The SMILES string of the molecule is C=CC1=CC=C(C2Cc3ccccc3O2)C1.CO. The normalized spacial score (nSPS) is 20.0. The maximum Gasteiger partial charge on any atom is 0.125 e. The second kappa shape index (κ2) is 5.69. The third-order valence-electron chi connectivity index (χ3n) is 3.24. The fourth-order valence-corrected chi connectivity index (χ4v) is 2.32. The summed E-state index contributed by atoms with van der Waals surface area (Å²) in [6.45, 7) is 3.80. The van der Waals surface area contributed by atoms with E-state index in [1.165, 1.54) is 16.7 Å². The summed E-state index contributed by atoms with van der Waals surface area (Å²) < 4.78 is 5.95. The predicted molar refractivity (Wildman–Crippen MR) is 73.7 cm³/mol. The molecule has 0 saturated heterocycles. The van der Waals surface area contributed by atoms with E-state index in [2.05, 4.69) is 30.9 Å². The molecule has 3 rings (SSSR count). The summed E-state index contributed by atoms with van der Waals surface area (Å²) in [5.74, 6) is 1.04. The third-order valence-corrected chi connectivity index (χ3v) is 3.24. The van der Waals surface area contributed by atoms with Crippen molar-refractivity contribution >= 4 is 0 Å². The Morgan fingerprint density at radius 3 is 2.72 bits per heavy atom. The maximum atomic E-state index is 7.00. The van der Waals surface area contributed by atoms with Gasteiger partial charge in [-0.05, 0) is 29.2 Å². The second-order valence-corrected chi connectivity index (χ2v) is 4.28. The summed E-state index contributed by atoms with van der Waals surface area (Å²) >= 11 is 0. The summed E-state index contributed by atoms with van der Waals surface area (Å²) in [5.41, 5.74) is 3.97. The average molecular weight is 242 g/mol. The fraction of sp³-hybridized carbons (Fsp3) is 0.250. The topological polar surface area (TPSA) is 29.5 Å². The first-order chi connectivity index (χ1) is 8.86. The number of benzene rings is 1. The van der Waals surface area contributed by atoms with Gasteiger partial charge in [0.1, 0.15) is 11.9 Å². The molecule has 0 spiro atoms. The zero-order chi connectivity index (χ0) is 13.0. The quantitative estimate of drug-likeness (QED) is 0.863. The minimum absolute atomic E-state index is 0.228. The van der Waals surface area contributed by atoms with Crippen LogP contribution in [0.3, 0.4) is 0 Å². The van der Waals surface area contributed by atoms with Crippen LogP contribution in [0.15, 0.2) is 60.2 Å². The van der Waals surface area contributed by atoms with Gasteiger partial charge in [0.05, 0.1) is 0 Å². The molecule has 0 aromatic heterocycles.